The third-order valence-electron chi connectivity index (χ3n) is 3.79. The van der Waals surface area contributed by atoms with Crippen molar-refractivity contribution < 1.29 is 14.6 Å². The number of carboxylic acids is 1. The lowest BCUT2D eigenvalue weighted by Gasteiger charge is -2.32. The summed E-state index contributed by atoms with van der Waals surface area (Å²) < 4.78 is 5.67. The molecule has 0 bridgehead atoms. The van der Waals surface area contributed by atoms with Gasteiger partial charge in [-0.3, -0.25) is 4.90 Å². The van der Waals surface area contributed by atoms with Gasteiger partial charge in [-0.25, -0.2) is 4.79 Å². The Morgan fingerprint density at radius 1 is 1.38 bits per heavy atom. The zero-order valence-electron chi connectivity index (χ0n) is 12.5. The number of carbonyl (C=O) groups is 1. The Labute approximate surface area is 126 Å². The van der Waals surface area contributed by atoms with E-state index in [0.717, 1.165) is 44.6 Å². The Balaban J connectivity index is 1.96. The molecule has 2 rings (SSSR count). The summed E-state index contributed by atoms with van der Waals surface area (Å²) in [5, 5.41) is 8.76. The fourth-order valence-electron chi connectivity index (χ4n) is 2.71. The largest absolute Gasteiger partial charge is 0.478 e. The van der Waals surface area contributed by atoms with E-state index in [9.17, 15) is 4.79 Å². The second kappa shape index (κ2) is 7.96. The standard InChI is InChI=1S/C17H23NO3/c1-2-21-16-9-11-18(12-10-16)13-15-6-4-3-5-14(15)7-8-17(19)20/h3-8,16H,2,9-13H2,1H3,(H,19,20). The first-order valence-corrected chi connectivity index (χ1v) is 7.52. The van der Waals surface area contributed by atoms with E-state index < -0.39 is 5.97 Å². The van der Waals surface area contributed by atoms with Gasteiger partial charge in [-0.05, 0) is 37.0 Å². The van der Waals surface area contributed by atoms with Gasteiger partial charge in [-0.2, -0.15) is 0 Å². The molecule has 0 aliphatic carbocycles. The molecule has 0 aromatic heterocycles. The highest BCUT2D eigenvalue weighted by atomic mass is 16.5. The van der Waals surface area contributed by atoms with Crippen LogP contribution in [0.1, 0.15) is 30.9 Å². The van der Waals surface area contributed by atoms with Gasteiger partial charge in [0.2, 0.25) is 0 Å². The number of aliphatic carboxylic acids is 1. The molecule has 1 N–H and O–H groups in total. The Hall–Kier alpha value is -1.65. The minimum Gasteiger partial charge on any atom is -0.478 e. The molecule has 4 nitrogen and oxygen atoms in total. The molecule has 0 amide bonds. The number of hydrogen-bond donors (Lipinski definition) is 1. The molecule has 1 heterocycles. The van der Waals surface area contributed by atoms with Gasteiger partial charge >= 0.3 is 5.97 Å². The van der Waals surface area contributed by atoms with Crippen molar-refractivity contribution in [3.05, 3.63) is 41.5 Å². The molecule has 1 aromatic rings. The summed E-state index contributed by atoms with van der Waals surface area (Å²) in [7, 11) is 0. The van der Waals surface area contributed by atoms with Crippen LogP contribution < -0.4 is 0 Å². The van der Waals surface area contributed by atoms with Gasteiger partial charge in [0.1, 0.15) is 0 Å². The second-order valence-corrected chi connectivity index (χ2v) is 5.30. The van der Waals surface area contributed by atoms with Crippen molar-refractivity contribution in [1.29, 1.82) is 0 Å². The lowest BCUT2D eigenvalue weighted by atomic mass is 10.0. The van der Waals surface area contributed by atoms with E-state index in [-0.39, 0.29) is 0 Å². The van der Waals surface area contributed by atoms with Crippen LogP contribution in [0.5, 0.6) is 0 Å². The fourth-order valence-corrected chi connectivity index (χ4v) is 2.71. The van der Waals surface area contributed by atoms with Gasteiger partial charge in [0.05, 0.1) is 6.10 Å². The number of ether oxygens (including phenoxy) is 1. The van der Waals surface area contributed by atoms with E-state index in [1.165, 1.54) is 11.6 Å². The number of hydrogen-bond acceptors (Lipinski definition) is 3. The zero-order chi connectivity index (χ0) is 15.1. The Morgan fingerprint density at radius 3 is 2.76 bits per heavy atom. The first kappa shape index (κ1) is 15.7. The molecular formula is C17H23NO3. The van der Waals surface area contributed by atoms with Crippen molar-refractivity contribution in [2.45, 2.75) is 32.4 Å². The van der Waals surface area contributed by atoms with E-state index in [1.807, 2.05) is 25.1 Å². The first-order chi connectivity index (χ1) is 10.2. The minimum atomic E-state index is -0.915. The van der Waals surface area contributed by atoms with Crippen LogP contribution in [0.4, 0.5) is 0 Å². The summed E-state index contributed by atoms with van der Waals surface area (Å²) in [5.74, 6) is -0.915. The van der Waals surface area contributed by atoms with Crippen LogP contribution in [-0.2, 0) is 16.1 Å². The highest BCUT2D eigenvalue weighted by molar-refractivity contribution is 5.85. The highest BCUT2D eigenvalue weighted by Gasteiger charge is 2.19. The van der Waals surface area contributed by atoms with Gasteiger partial charge in [0.25, 0.3) is 0 Å². The van der Waals surface area contributed by atoms with Gasteiger partial charge in [-0.15, -0.1) is 0 Å². The maximum Gasteiger partial charge on any atom is 0.328 e. The number of carboxylic acid groups (broad SMARTS) is 1. The molecule has 1 aromatic carbocycles. The number of benzene rings is 1. The number of piperidine rings is 1. The maximum atomic E-state index is 10.7. The summed E-state index contributed by atoms with van der Waals surface area (Å²) >= 11 is 0. The molecule has 1 aliphatic rings. The Bertz CT molecular complexity index is 491. The normalized spacial score (nSPS) is 17.4. The minimum absolute atomic E-state index is 0.397. The number of rotatable bonds is 6. The predicted octanol–water partition coefficient (Wildman–Crippen LogP) is 2.79. The summed E-state index contributed by atoms with van der Waals surface area (Å²) in [6.45, 7) is 5.74. The SMILES string of the molecule is CCOC1CCN(Cc2ccccc2C=CC(=O)O)CC1. The summed E-state index contributed by atoms with van der Waals surface area (Å²) in [5.41, 5.74) is 2.15. The highest BCUT2D eigenvalue weighted by Crippen LogP contribution is 2.19. The third-order valence-corrected chi connectivity index (χ3v) is 3.79. The predicted molar refractivity (Wildman–Crippen MR) is 83.0 cm³/mol. The van der Waals surface area contributed by atoms with E-state index in [0.29, 0.717) is 6.10 Å². The molecule has 1 fully saturated rings. The third kappa shape index (κ3) is 4.99. The molecule has 0 unspecified atom stereocenters. The van der Waals surface area contributed by atoms with Crippen LogP contribution in [0, 0.1) is 0 Å². The van der Waals surface area contributed by atoms with Gasteiger partial charge < -0.3 is 9.84 Å². The van der Waals surface area contributed by atoms with Crippen molar-refractivity contribution in [2.75, 3.05) is 19.7 Å². The Kier molecular flexibility index (Phi) is 5.96. The summed E-state index contributed by atoms with van der Waals surface area (Å²) in [6, 6.07) is 7.96. The van der Waals surface area contributed by atoms with Crippen LogP contribution in [0.2, 0.25) is 0 Å². The van der Waals surface area contributed by atoms with Crippen molar-refractivity contribution in [1.82, 2.24) is 4.90 Å². The van der Waals surface area contributed by atoms with Crippen LogP contribution >= 0.6 is 0 Å². The topological polar surface area (TPSA) is 49.8 Å². The molecule has 0 atom stereocenters. The quantitative estimate of drug-likeness (QED) is 0.818. The first-order valence-electron chi connectivity index (χ1n) is 7.52. The van der Waals surface area contributed by atoms with Gasteiger partial charge in [0.15, 0.2) is 0 Å². The molecule has 4 heteroatoms. The molecule has 1 saturated heterocycles. The maximum absolute atomic E-state index is 10.7. The van der Waals surface area contributed by atoms with Crippen LogP contribution in [0.25, 0.3) is 6.08 Å². The van der Waals surface area contributed by atoms with Crippen molar-refractivity contribution in [3.63, 3.8) is 0 Å². The van der Waals surface area contributed by atoms with E-state index >= 15 is 0 Å². The second-order valence-electron chi connectivity index (χ2n) is 5.30. The van der Waals surface area contributed by atoms with Crippen molar-refractivity contribution in [3.8, 4) is 0 Å². The smallest absolute Gasteiger partial charge is 0.328 e. The molecule has 0 spiro atoms. The molecule has 114 valence electrons. The van der Waals surface area contributed by atoms with E-state index in [4.69, 9.17) is 9.84 Å². The summed E-state index contributed by atoms with van der Waals surface area (Å²) in [6.07, 6.45) is 5.40. The van der Waals surface area contributed by atoms with Gasteiger partial charge in [-0.1, -0.05) is 24.3 Å². The molecular weight excluding hydrogens is 266 g/mol. The zero-order valence-corrected chi connectivity index (χ0v) is 12.5. The average molecular weight is 289 g/mol. The molecule has 1 aliphatic heterocycles. The number of nitrogens with zero attached hydrogens (tertiary/aromatic N) is 1. The lowest BCUT2D eigenvalue weighted by Crippen LogP contribution is -2.36. The monoisotopic (exact) mass is 289 g/mol. The summed E-state index contributed by atoms with van der Waals surface area (Å²) in [4.78, 5) is 13.1. The average Bonchev–Trinajstić information content (AvgIpc) is 2.48. The molecule has 0 radical (unpaired) electrons. The van der Waals surface area contributed by atoms with Crippen molar-refractivity contribution in [2.24, 2.45) is 0 Å². The van der Waals surface area contributed by atoms with Gasteiger partial charge in [0, 0.05) is 32.3 Å². The van der Waals surface area contributed by atoms with Crippen LogP contribution in [0.15, 0.2) is 30.3 Å². The van der Waals surface area contributed by atoms with Crippen LogP contribution in [0.3, 0.4) is 0 Å². The number of likely N-dealkylation sites (tertiary alicyclic amines) is 1. The fraction of sp³-hybridized carbons (Fsp3) is 0.471. The van der Waals surface area contributed by atoms with Crippen LogP contribution in [-0.4, -0.2) is 41.8 Å². The van der Waals surface area contributed by atoms with Crippen molar-refractivity contribution >= 4 is 12.0 Å². The van der Waals surface area contributed by atoms with E-state index in [2.05, 4.69) is 11.0 Å². The lowest BCUT2D eigenvalue weighted by molar-refractivity contribution is -0.131. The molecule has 0 saturated carbocycles. The van der Waals surface area contributed by atoms with E-state index in [1.54, 1.807) is 6.08 Å². The Morgan fingerprint density at radius 2 is 2.10 bits per heavy atom. The molecule has 21 heavy (non-hydrogen) atoms.